The van der Waals surface area contributed by atoms with E-state index in [1.807, 2.05) is 0 Å². The van der Waals surface area contributed by atoms with Crippen LogP contribution in [0.5, 0.6) is 0 Å². The van der Waals surface area contributed by atoms with Crippen LogP contribution in [0.1, 0.15) is 52.9 Å². The lowest BCUT2D eigenvalue weighted by atomic mass is 9.81. The van der Waals surface area contributed by atoms with Crippen LogP contribution in [0.3, 0.4) is 0 Å². The predicted molar refractivity (Wildman–Crippen MR) is 58.3 cm³/mol. The van der Waals surface area contributed by atoms with E-state index < -0.39 is 5.60 Å². The molecule has 0 amide bonds. The monoisotopic (exact) mass is 200 g/mol. The molecule has 2 unspecified atom stereocenters. The van der Waals surface area contributed by atoms with Gasteiger partial charge in [0.2, 0.25) is 0 Å². The summed E-state index contributed by atoms with van der Waals surface area (Å²) < 4.78 is 5.46. The minimum atomic E-state index is -0.450. The first-order valence-corrected chi connectivity index (χ1v) is 5.93. The Morgan fingerprint density at radius 2 is 2.07 bits per heavy atom. The lowest BCUT2D eigenvalue weighted by Gasteiger charge is -2.37. The highest BCUT2D eigenvalue weighted by atomic mass is 16.5. The molecule has 1 heterocycles. The quantitative estimate of drug-likeness (QED) is 0.756. The maximum absolute atomic E-state index is 10.4. The van der Waals surface area contributed by atoms with E-state index >= 15 is 0 Å². The maximum Gasteiger partial charge on any atom is 0.0696 e. The van der Waals surface area contributed by atoms with E-state index in [1.54, 1.807) is 0 Å². The summed E-state index contributed by atoms with van der Waals surface area (Å²) >= 11 is 0. The fourth-order valence-electron chi connectivity index (χ4n) is 2.45. The van der Waals surface area contributed by atoms with Crippen molar-refractivity contribution in [1.29, 1.82) is 0 Å². The van der Waals surface area contributed by atoms with E-state index in [4.69, 9.17) is 4.74 Å². The highest BCUT2D eigenvalue weighted by Crippen LogP contribution is 2.32. The molecule has 0 bridgehead atoms. The molecular weight excluding hydrogens is 176 g/mol. The number of hydrogen-bond donors (Lipinski definition) is 1. The number of rotatable bonds is 4. The molecule has 1 saturated heterocycles. The fraction of sp³-hybridized carbons (Fsp3) is 1.00. The van der Waals surface area contributed by atoms with Crippen LogP contribution in [-0.2, 0) is 4.74 Å². The Morgan fingerprint density at radius 3 is 2.57 bits per heavy atom. The van der Waals surface area contributed by atoms with Crippen molar-refractivity contribution in [2.75, 3.05) is 6.61 Å². The SMILES string of the molecule is CCC(CC)CC1(O)CCOC(C)C1. The molecule has 0 radical (unpaired) electrons. The van der Waals surface area contributed by atoms with E-state index in [-0.39, 0.29) is 6.10 Å². The van der Waals surface area contributed by atoms with Crippen LogP contribution in [0.15, 0.2) is 0 Å². The van der Waals surface area contributed by atoms with Crippen LogP contribution in [0.2, 0.25) is 0 Å². The van der Waals surface area contributed by atoms with Crippen molar-refractivity contribution in [3.8, 4) is 0 Å². The molecule has 1 fully saturated rings. The van der Waals surface area contributed by atoms with E-state index in [9.17, 15) is 5.11 Å². The van der Waals surface area contributed by atoms with Gasteiger partial charge >= 0.3 is 0 Å². The Balaban J connectivity index is 2.46. The molecule has 0 spiro atoms. The largest absolute Gasteiger partial charge is 0.390 e. The summed E-state index contributed by atoms with van der Waals surface area (Å²) in [6.45, 7) is 7.19. The molecule has 1 aliphatic rings. The van der Waals surface area contributed by atoms with Gasteiger partial charge in [-0.2, -0.15) is 0 Å². The van der Waals surface area contributed by atoms with Crippen molar-refractivity contribution in [2.45, 2.75) is 64.6 Å². The Hall–Kier alpha value is -0.0800. The second kappa shape index (κ2) is 5.13. The molecule has 1 N–H and O–H groups in total. The van der Waals surface area contributed by atoms with Crippen LogP contribution in [0.25, 0.3) is 0 Å². The lowest BCUT2D eigenvalue weighted by Crippen LogP contribution is -2.41. The third kappa shape index (κ3) is 3.25. The van der Waals surface area contributed by atoms with Gasteiger partial charge in [-0.25, -0.2) is 0 Å². The first kappa shape index (κ1) is 12.0. The summed E-state index contributed by atoms with van der Waals surface area (Å²) in [4.78, 5) is 0. The first-order valence-electron chi connectivity index (χ1n) is 5.93. The average molecular weight is 200 g/mol. The van der Waals surface area contributed by atoms with Crippen molar-refractivity contribution in [2.24, 2.45) is 5.92 Å². The fourth-order valence-corrected chi connectivity index (χ4v) is 2.45. The topological polar surface area (TPSA) is 29.5 Å². The summed E-state index contributed by atoms with van der Waals surface area (Å²) in [7, 11) is 0. The van der Waals surface area contributed by atoms with Crippen molar-refractivity contribution in [1.82, 2.24) is 0 Å². The lowest BCUT2D eigenvalue weighted by molar-refractivity contribution is -0.107. The van der Waals surface area contributed by atoms with Gasteiger partial charge in [0.1, 0.15) is 0 Å². The van der Waals surface area contributed by atoms with Gasteiger partial charge in [-0.3, -0.25) is 0 Å². The highest BCUT2D eigenvalue weighted by Gasteiger charge is 2.34. The summed E-state index contributed by atoms with van der Waals surface area (Å²) in [5.74, 6) is 0.672. The molecule has 0 aromatic rings. The molecule has 84 valence electrons. The van der Waals surface area contributed by atoms with Crippen LogP contribution in [-0.4, -0.2) is 23.4 Å². The van der Waals surface area contributed by atoms with Gasteiger partial charge in [0.15, 0.2) is 0 Å². The molecular formula is C12H24O2. The van der Waals surface area contributed by atoms with Gasteiger partial charge in [-0.05, 0) is 25.7 Å². The molecule has 0 aromatic heterocycles. The summed E-state index contributed by atoms with van der Waals surface area (Å²) in [6.07, 6.45) is 5.15. The minimum Gasteiger partial charge on any atom is -0.390 e. The van der Waals surface area contributed by atoms with Crippen LogP contribution in [0.4, 0.5) is 0 Å². The van der Waals surface area contributed by atoms with Crippen molar-refractivity contribution in [3.05, 3.63) is 0 Å². The molecule has 0 aromatic carbocycles. The van der Waals surface area contributed by atoms with Gasteiger partial charge < -0.3 is 9.84 Å². The average Bonchev–Trinajstić information content (AvgIpc) is 2.14. The molecule has 1 rings (SSSR count). The molecule has 0 aliphatic carbocycles. The van der Waals surface area contributed by atoms with Crippen LogP contribution < -0.4 is 0 Å². The standard InChI is InChI=1S/C12H24O2/c1-4-11(5-2)9-12(13)6-7-14-10(3)8-12/h10-11,13H,4-9H2,1-3H3. The summed E-state index contributed by atoms with van der Waals surface area (Å²) in [5, 5.41) is 10.4. The molecule has 14 heavy (non-hydrogen) atoms. The van der Waals surface area contributed by atoms with Gasteiger partial charge in [-0.1, -0.05) is 26.7 Å². The zero-order chi connectivity index (χ0) is 10.6. The van der Waals surface area contributed by atoms with Crippen LogP contribution >= 0.6 is 0 Å². The Labute approximate surface area is 87.7 Å². The van der Waals surface area contributed by atoms with Crippen molar-refractivity contribution < 1.29 is 9.84 Å². The smallest absolute Gasteiger partial charge is 0.0696 e. The van der Waals surface area contributed by atoms with Crippen molar-refractivity contribution >= 4 is 0 Å². The second-order valence-corrected chi connectivity index (χ2v) is 4.75. The van der Waals surface area contributed by atoms with Gasteiger partial charge in [0.05, 0.1) is 11.7 Å². The van der Waals surface area contributed by atoms with Gasteiger partial charge in [-0.15, -0.1) is 0 Å². The minimum absolute atomic E-state index is 0.225. The van der Waals surface area contributed by atoms with E-state index in [0.29, 0.717) is 5.92 Å². The van der Waals surface area contributed by atoms with Crippen LogP contribution in [0, 0.1) is 5.92 Å². The molecule has 2 nitrogen and oxygen atoms in total. The maximum atomic E-state index is 10.4. The number of aliphatic hydroxyl groups is 1. The van der Waals surface area contributed by atoms with E-state index in [2.05, 4.69) is 20.8 Å². The zero-order valence-corrected chi connectivity index (χ0v) is 9.75. The number of ether oxygens (including phenoxy) is 1. The van der Waals surface area contributed by atoms with E-state index in [0.717, 1.165) is 25.9 Å². The molecule has 2 atom stereocenters. The summed E-state index contributed by atoms with van der Waals surface area (Å²) in [6, 6.07) is 0. The van der Waals surface area contributed by atoms with Crippen molar-refractivity contribution in [3.63, 3.8) is 0 Å². The Morgan fingerprint density at radius 1 is 1.43 bits per heavy atom. The van der Waals surface area contributed by atoms with Gasteiger partial charge in [0.25, 0.3) is 0 Å². The van der Waals surface area contributed by atoms with Gasteiger partial charge in [0, 0.05) is 13.0 Å². The Kier molecular flexibility index (Phi) is 4.39. The number of hydrogen-bond acceptors (Lipinski definition) is 2. The normalized spacial score (nSPS) is 33.6. The molecule has 0 saturated carbocycles. The van der Waals surface area contributed by atoms with E-state index in [1.165, 1.54) is 12.8 Å². The molecule has 1 aliphatic heterocycles. The molecule has 2 heteroatoms. The Bertz CT molecular complexity index is 166. The predicted octanol–water partition coefficient (Wildman–Crippen LogP) is 2.74. The zero-order valence-electron chi connectivity index (χ0n) is 9.75. The third-order valence-corrected chi connectivity index (χ3v) is 3.46. The first-order chi connectivity index (χ1) is 6.59. The summed E-state index contributed by atoms with van der Waals surface area (Å²) in [5.41, 5.74) is -0.450. The third-order valence-electron chi connectivity index (χ3n) is 3.46. The second-order valence-electron chi connectivity index (χ2n) is 4.75. The highest BCUT2D eigenvalue weighted by molar-refractivity contribution is 4.86.